The van der Waals surface area contributed by atoms with Crippen molar-refractivity contribution in [1.29, 1.82) is 0 Å². The topological polar surface area (TPSA) is 38.3 Å². The van der Waals surface area contributed by atoms with Gasteiger partial charge in [0.05, 0.1) is 5.69 Å². The Kier molecular flexibility index (Phi) is 3.44. The summed E-state index contributed by atoms with van der Waals surface area (Å²) in [7, 11) is 0. The van der Waals surface area contributed by atoms with Gasteiger partial charge in [0.15, 0.2) is 0 Å². The molecule has 0 aliphatic carbocycles. The Morgan fingerprint density at radius 2 is 2.10 bits per heavy atom. The van der Waals surface area contributed by atoms with E-state index < -0.39 is 0 Å². The van der Waals surface area contributed by atoms with Gasteiger partial charge in [-0.3, -0.25) is 4.79 Å². The monoisotopic (exact) mass is 335 g/mol. The van der Waals surface area contributed by atoms with Gasteiger partial charge in [0.1, 0.15) is 24.1 Å². The van der Waals surface area contributed by atoms with Crippen LogP contribution in [0, 0.1) is 5.82 Å². The van der Waals surface area contributed by atoms with Crippen molar-refractivity contribution in [2.45, 2.75) is 5.92 Å². The zero-order valence-electron chi connectivity index (χ0n) is 10.4. The largest absolute Gasteiger partial charge is 0.492 e. The van der Waals surface area contributed by atoms with Crippen molar-refractivity contribution in [3.05, 3.63) is 58.3 Å². The van der Waals surface area contributed by atoms with Crippen LogP contribution in [0.3, 0.4) is 0 Å². The second kappa shape index (κ2) is 5.25. The smallest absolute Gasteiger partial charge is 0.235 e. The fourth-order valence-electron chi connectivity index (χ4n) is 2.19. The maximum atomic E-state index is 13.0. The molecule has 1 aliphatic rings. The van der Waals surface area contributed by atoms with Gasteiger partial charge in [-0.25, -0.2) is 4.39 Å². The average molecular weight is 336 g/mol. The van der Waals surface area contributed by atoms with Crippen LogP contribution in [0.5, 0.6) is 5.75 Å². The average Bonchev–Trinajstić information content (AvgIpc) is 2.86. The van der Waals surface area contributed by atoms with E-state index in [2.05, 4.69) is 21.2 Å². The third-order valence-corrected chi connectivity index (χ3v) is 3.86. The molecule has 1 aliphatic heterocycles. The van der Waals surface area contributed by atoms with Crippen molar-refractivity contribution in [2.24, 2.45) is 0 Å². The van der Waals surface area contributed by atoms with Gasteiger partial charge in [0.25, 0.3) is 0 Å². The Bertz CT molecular complexity index is 675. The molecule has 3 nitrogen and oxygen atoms in total. The van der Waals surface area contributed by atoms with Crippen molar-refractivity contribution in [3.63, 3.8) is 0 Å². The summed E-state index contributed by atoms with van der Waals surface area (Å²) in [6.45, 7) is 0.323. The molecule has 0 fully saturated rings. The molecule has 3 rings (SSSR count). The summed E-state index contributed by atoms with van der Waals surface area (Å²) in [6, 6.07) is 11.6. The molecule has 20 heavy (non-hydrogen) atoms. The number of nitrogens with one attached hydrogen (secondary N) is 1. The fraction of sp³-hybridized carbons (Fsp3) is 0.133. The minimum absolute atomic E-state index is 0.165. The molecule has 0 saturated heterocycles. The van der Waals surface area contributed by atoms with E-state index in [0.717, 1.165) is 11.3 Å². The van der Waals surface area contributed by atoms with Crippen LogP contribution in [-0.2, 0) is 4.79 Å². The summed E-state index contributed by atoms with van der Waals surface area (Å²) in [4.78, 5) is 12.3. The third-order valence-electron chi connectivity index (χ3n) is 3.21. The van der Waals surface area contributed by atoms with Crippen LogP contribution in [0.4, 0.5) is 10.1 Å². The lowest BCUT2D eigenvalue weighted by atomic mass is 10.0. The first-order valence-electron chi connectivity index (χ1n) is 6.13. The molecular weight excluding hydrogens is 325 g/mol. The number of ether oxygens (including phenoxy) is 1. The summed E-state index contributed by atoms with van der Waals surface area (Å²) < 4.78 is 19.0. The Hall–Kier alpha value is -1.88. The minimum Gasteiger partial charge on any atom is -0.492 e. The van der Waals surface area contributed by atoms with Gasteiger partial charge in [0, 0.05) is 10.0 Å². The second-order valence-electron chi connectivity index (χ2n) is 4.51. The highest BCUT2D eigenvalue weighted by molar-refractivity contribution is 9.10. The number of hydrogen-bond acceptors (Lipinski definition) is 2. The number of rotatable bonds is 2. The van der Waals surface area contributed by atoms with E-state index in [1.807, 2.05) is 24.3 Å². The Morgan fingerprint density at radius 1 is 1.30 bits per heavy atom. The van der Waals surface area contributed by atoms with E-state index in [4.69, 9.17) is 4.74 Å². The Morgan fingerprint density at radius 3 is 2.90 bits per heavy atom. The molecule has 2 aromatic carbocycles. The molecule has 0 bridgehead atoms. The molecule has 102 valence electrons. The number of benzene rings is 2. The van der Waals surface area contributed by atoms with Crippen LogP contribution in [0.2, 0.25) is 0 Å². The number of anilines is 1. The first-order valence-corrected chi connectivity index (χ1v) is 6.92. The first-order chi connectivity index (χ1) is 9.65. The normalized spacial score (nSPS) is 16.4. The maximum absolute atomic E-state index is 13.0. The predicted octanol–water partition coefficient (Wildman–Crippen LogP) is 3.70. The molecule has 5 heteroatoms. The van der Waals surface area contributed by atoms with Crippen LogP contribution < -0.4 is 10.1 Å². The van der Waals surface area contributed by atoms with Crippen molar-refractivity contribution < 1.29 is 13.9 Å². The molecule has 1 amide bonds. The van der Waals surface area contributed by atoms with Gasteiger partial charge in [-0.2, -0.15) is 0 Å². The number of amides is 1. The van der Waals surface area contributed by atoms with Crippen LogP contribution in [0.1, 0.15) is 11.5 Å². The van der Waals surface area contributed by atoms with Gasteiger partial charge in [-0.15, -0.1) is 0 Å². The van der Waals surface area contributed by atoms with E-state index in [0.29, 0.717) is 16.8 Å². The van der Waals surface area contributed by atoms with Crippen LogP contribution in [0.15, 0.2) is 46.9 Å². The van der Waals surface area contributed by atoms with Crippen molar-refractivity contribution in [1.82, 2.24) is 0 Å². The molecule has 0 radical (unpaired) electrons. The van der Waals surface area contributed by atoms with Gasteiger partial charge in [-0.05, 0) is 40.2 Å². The molecule has 2 aromatic rings. The summed E-state index contributed by atoms with van der Waals surface area (Å²) in [5, 5.41) is 2.79. The molecule has 0 aromatic heterocycles. The summed E-state index contributed by atoms with van der Waals surface area (Å²) in [6.07, 6.45) is 0. The Labute approximate surface area is 123 Å². The van der Waals surface area contributed by atoms with Crippen molar-refractivity contribution in [3.8, 4) is 5.75 Å². The minimum atomic E-state index is -0.357. The zero-order chi connectivity index (χ0) is 14.1. The quantitative estimate of drug-likeness (QED) is 0.908. The van der Waals surface area contributed by atoms with E-state index in [9.17, 15) is 9.18 Å². The molecule has 0 saturated carbocycles. The van der Waals surface area contributed by atoms with Crippen LogP contribution in [-0.4, -0.2) is 12.5 Å². The number of para-hydroxylation sites is 1. The van der Waals surface area contributed by atoms with Crippen LogP contribution in [0.25, 0.3) is 0 Å². The highest BCUT2D eigenvalue weighted by Gasteiger charge is 2.30. The lowest BCUT2D eigenvalue weighted by Crippen LogP contribution is -2.22. The zero-order valence-corrected chi connectivity index (χ0v) is 12.0. The predicted molar refractivity (Wildman–Crippen MR) is 77.4 cm³/mol. The Balaban J connectivity index is 1.81. The van der Waals surface area contributed by atoms with E-state index in [-0.39, 0.29) is 17.6 Å². The standard InChI is InChI=1S/C15H11BrFNO2/c16-12-7-9(17)5-6-13(12)18-15(19)11-8-20-14-4-2-1-3-10(11)14/h1-7,11H,8H2,(H,18,19). The first kappa shape index (κ1) is 13.1. The number of fused-ring (bicyclic) bond motifs is 1. The summed E-state index contributed by atoms with van der Waals surface area (Å²) in [5.41, 5.74) is 1.42. The van der Waals surface area contributed by atoms with Crippen molar-refractivity contribution >= 4 is 27.5 Å². The number of carbonyl (C=O) groups is 1. The lowest BCUT2D eigenvalue weighted by Gasteiger charge is -2.11. The number of hydrogen-bond donors (Lipinski definition) is 1. The molecule has 1 unspecified atom stereocenters. The molecular formula is C15H11BrFNO2. The lowest BCUT2D eigenvalue weighted by molar-refractivity contribution is -0.117. The van der Waals surface area contributed by atoms with Crippen LogP contribution >= 0.6 is 15.9 Å². The fourth-order valence-corrected chi connectivity index (χ4v) is 2.64. The molecule has 0 spiro atoms. The summed E-state index contributed by atoms with van der Waals surface area (Å²) in [5.74, 6) is -0.124. The van der Waals surface area contributed by atoms with Gasteiger partial charge < -0.3 is 10.1 Å². The van der Waals surface area contributed by atoms with Gasteiger partial charge in [0.2, 0.25) is 5.91 Å². The van der Waals surface area contributed by atoms with E-state index >= 15 is 0 Å². The number of halogens is 2. The van der Waals surface area contributed by atoms with Gasteiger partial charge in [-0.1, -0.05) is 18.2 Å². The molecule has 1 atom stereocenters. The van der Waals surface area contributed by atoms with E-state index in [1.54, 1.807) is 0 Å². The molecule has 1 heterocycles. The van der Waals surface area contributed by atoms with E-state index in [1.165, 1.54) is 18.2 Å². The SMILES string of the molecule is O=C(Nc1ccc(F)cc1Br)C1COc2ccccc21. The van der Waals surface area contributed by atoms with Crippen molar-refractivity contribution in [2.75, 3.05) is 11.9 Å². The second-order valence-corrected chi connectivity index (χ2v) is 5.37. The highest BCUT2D eigenvalue weighted by atomic mass is 79.9. The van der Waals surface area contributed by atoms with Gasteiger partial charge >= 0.3 is 0 Å². The summed E-state index contributed by atoms with van der Waals surface area (Å²) >= 11 is 3.23. The maximum Gasteiger partial charge on any atom is 0.235 e. The highest BCUT2D eigenvalue weighted by Crippen LogP contribution is 2.34. The third kappa shape index (κ3) is 2.41. The molecule has 1 N–H and O–H groups in total. The number of carbonyl (C=O) groups excluding carboxylic acids is 1.